The van der Waals surface area contributed by atoms with Crippen LogP contribution in [-0.2, 0) is 0 Å². The van der Waals surface area contributed by atoms with Gasteiger partial charge in [0, 0.05) is 5.88 Å². The van der Waals surface area contributed by atoms with E-state index in [1.54, 1.807) is 0 Å². The highest BCUT2D eigenvalue weighted by Crippen LogP contribution is 2.59. The van der Waals surface area contributed by atoms with Gasteiger partial charge in [-0.25, -0.2) is 0 Å². The molecule has 1 aliphatic carbocycles. The third-order valence-corrected chi connectivity index (χ3v) is 4.06. The van der Waals surface area contributed by atoms with Gasteiger partial charge in [0.2, 0.25) is 0 Å². The summed E-state index contributed by atoms with van der Waals surface area (Å²) < 4.78 is 0. The molecule has 1 heteroatoms. The van der Waals surface area contributed by atoms with Crippen molar-refractivity contribution in [3.05, 3.63) is 0 Å². The Morgan fingerprint density at radius 3 is 2.17 bits per heavy atom. The van der Waals surface area contributed by atoms with Crippen molar-refractivity contribution in [2.75, 3.05) is 5.88 Å². The number of hydrogen-bond acceptors (Lipinski definition) is 0. The van der Waals surface area contributed by atoms with Crippen LogP contribution < -0.4 is 0 Å². The molecule has 0 aromatic carbocycles. The summed E-state index contributed by atoms with van der Waals surface area (Å²) in [6.45, 7) is 9.29. The van der Waals surface area contributed by atoms with Crippen LogP contribution in [-0.4, -0.2) is 5.88 Å². The number of halogens is 1. The Morgan fingerprint density at radius 1 is 1.42 bits per heavy atom. The van der Waals surface area contributed by atoms with Crippen LogP contribution >= 0.6 is 11.6 Å². The van der Waals surface area contributed by atoms with Crippen LogP contribution in [0.3, 0.4) is 0 Å². The van der Waals surface area contributed by atoms with E-state index in [2.05, 4.69) is 27.7 Å². The van der Waals surface area contributed by atoms with Crippen molar-refractivity contribution < 1.29 is 0 Å². The first-order valence-electron chi connectivity index (χ1n) is 5.09. The molecule has 12 heavy (non-hydrogen) atoms. The highest BCUT2D eigenvalue weighted by Gasteiger charge is 2.53. The lowest BCUT2D eigenvalue weighted by molar-refractivity contribution is 0.289. The highest BCUT2D eigenvalue weighted by atomic mass is 35.5. The maximum atomic E-state index is 6.03. The number of rotatable bonds is 4. The topological polar surface area (TPSA) is 0 Å². The summed E-state index contributed by atoms with van der Waals surface area (Å²) in [5.74, 6) is 3.35. The first-order valence-corrected chi connectivity index (χ1v) is 5.62. The van der Waals surface area contributed by atoms with Crippen LogP contribution in [0.5, 0.6) is 0 Å². The molecule has 0 radical (unpaired) electrons. The molecule has 0 aromatic heterocycles. The third kappa shape index (κ3) is 1.79. The summed E-state index contributed by atoms with van der Waals surface area (Å²) in [5.41, 5.74) is 0.506. The maximum absolute atomic E-state index is 6.03. The molecule has 0 saturated heterocycles. The molecule has 0 aliphatic heterocycles. The number of hydrogen-bond donors (Lipinski definition) is 0. The Kier molecular flexibility index (Phi) is 3.09. The minimum absolute atomic E-state index is 0.506. The zero-order valence-electron chi connectivity index (χ0n) is 8.73. The van der Waals surface area contributed by atoms with Crippen molar-refractivity contribution in [3.8, 4) is 0 Å². The summed E-state index contributed by atoms with van der Waals surface area (Å²) in [5, 5.41) is 0. The van der Waals surface area contributed by atoms with E-state index in [-0.39, 0.29) is 0 Å². The van der Waals surface area contributed by atoms with E-state index in [4.69, 9.17) is 11.6 Å². The molecule has 1 aliphatic rings. The molecular formula is C11H21Cl. The quantitative estimate of drug-likeness (QED) is 0.587. The summed E-state index contributed by atoms with van der Waals surface area (Å²) >= 11 is 6.03. The molecular weight excluding hydrogens is 168 g/mol. The van der Waals surface area contributed by atoms with Gasteiger partial charge in [-0.2, -0.15) is 0 Å². The van der Waals surface area contributed by atoms with Gasteiger partial charge < -0.3 is 0 Å². The van der Waals surface area contributed by atoms with Gasteiger partial charge in [0.1, 0.15) is 0 Å². The second-order valence-electron chi connectivity index (χ2n) is 5.00. The van der Waals surface area contributed by atoms with Gasteiger partial charge in [0.15, 0.2) is 0 Å². The average Bonchev–Trinajstić information content (AvgIpc) is 2.61. The predicted octanol–water partition coefficient (Wildman–Crippen LogP) is 3.93. The van der Waals surface area contributed by atoms with Crippen LogP contribution in [0.25, 0.3) is 0 Å². The lowest BCUT2D eigenvalue weighted by atomic mass is 9.84. The summed E-state index contributed by atoms with van der Waals surface area (Å²) in [6.07, 6.45) is 2.68. The van der Waals surface area contributed by atoms with Crippen molar-refractivity contribution in [1.29, 1.82) is 0 Å². The Hall–Kier alpha value is 0.290. The van der Waals surface area contributed by atoms with Crippen LogP contribution in [0.2, 0.25) is 0 Å². The largest absolute Gasteiger partial charge is 0.126 e. The van der Waals surface area contributed by atoms with Crippen LogP contribution in [0.15, 0.2) is 0 Å². The zero-order valence-corrected chi connectivity index (χ0v) is 9.49. The Balaban J connectivity index is 2.46. The minimum atomic E-state index is 0.506. The minimum Gasteiger partial charge on any atom is -0.126 e. The Morgan fingerprint density at radius 2 is 1.92 bits per heavy atom. The molecule has 3 unspecified atom stereocenters. The van der Waals surface area contributed by atoms with E-state index in [1.807, 2.05) is 0 Å². The molecule has 0 aromatic rings. The second-order valence-corrected chi connectivity index (χ2v) is 5.27. The van der Waals surface area contributed by atoms with Gasteiger partial charge >= 0.3 is 0 Å². The normalized spacial score (nSPS) is 37.0. The van der Waals surface area contributed by atoms with E-state index in [1.165, 1.54) is 12.8 Å². The van der Waals surface area contributed by atoms with Crippen molar-refractivity contribution in [1.82, 2.24) is 0 Å². The summed E-state index contributed by atoms with van der Waals surface area (Å²) in [6, 6.07) is 0. The van der Waals surface area contributed by atoms with Crippen LogP contribution in [0.1, 0.15) is 40.5 Å². The van der Waals surface area contributed by atoms with Crippen LogP contribution in [0.4, 0.5) is 0 Å². The van der Waals surface area contributed by atoms with Gasteiger partial charge in [-0.3, -0.25) is 0 Å². The van der Waals surface area contributed by atoms with E-state index >= 15 is 0 Å². The molecule has 3 atom stereocenters. The van der Waals surface area contributed by atoms with E-state index in [0.717, 1.165) is 23.6 Å². The monoisotopic (exact) mass is 188 g/mol. The molecule has 0 bridgehead atoms. The second kappa shape index (κ2) is 3.57. The lowest BCUT2D eigenvalue weighted by Gasteiger charge is -2.23. The highest BCUT2D eigenvalue weighted by molar-refractivity contribution is 6.18. The zero-order chi connectivity index (χ0) is 9.35. The van der Waals surface area contributed by atoms with Crippen LogP contribution in [0, 0.1) is 23.2 Å². The van der Waals surface area contributed by atoms with E-state index in [0.29, 0.717) is 5.41 Å². The van der Waals surface area contributed by atoms with Crippen molar-refractivity contribution in [2.45, 2.75) is 40.5 Å². The molecule has 0 nitrogen and oxygen atoms in total. The van der Waals surface area contributed by atoms with Gasteiger partial charge in [-0.15, -0.1) is 11.6 Å². The lowest BCUT2D eigenvalue weighted by Crippen LogP contribution is -2.18. The van der Waals surface area contributed by atoms with Gasteiger partial charge in [0.25, 0.3) is 0 Å². The molecule has 1 saturated carbocycles. The van der Waals surface area contributed by atoms with Crippen molar-refractivity contribution >= 4 is 11.6 Å². The van der Waals surface area contributed by atoms with Crippen molar-refractivity contribution in [3.63, 3.8) is 0 Å². The van der Waals surface area contributed by atoms with Crippen molar-refractivity contribution in [2.24, 2.45) is 23.2 Å². The predicted molar refractivity (Wildman–Crippen MR) is 55.6 cm³/mol. The molecule has 1 fully saturated rings. The molecule has 0 spiro atoms. The van der Waals surface area contributed by atoms with E-state index in [9.17, 15) is 0 Å². The summed E-state index contributed by atoms with van der Waals surface area (Å²) in [4.78, 5) is 0. The van der Waals surface area contributed by atoms with E-state index < -0.39 is 0 Å². The summed E-state index contributed by atoms with van der Waals surface area (Å²) in [7, 11) is 0. The average molecular weight is 189 g/mol. The molecule has 1 rings (SSSR count). The Labute approximate surface area is 81.7 Å². The fourth-order valence-electron chi connectivity index (χ4n) is 2.46. The third-order valence-electron chi connectivity index (χ3n) is 3.56. The molecule has 0 heterocycles. The first kappa shape index (κ1) is 10.4. The van der Waals surface area contributed by atoms with Gasteiger partial charge in [-0.05, 0) is 36.0 Å². The number of alkyl halides is 1. The standard InChI is InChI=1S/C11H21Cl/c1-8(2)5-9(3)11(7-12)6-10(11)4/h8-10H,5-7H2,1-4H3. The smallest absolute Gasteiger partial charge is 0.0285 e. The Bertz CT molecular complexity index is 149. The van der Waals surface area contributed by atoms with Gasteiger partial charge in [0.05, 0.1) is 0 Å². The van der Waals surface area contributed by atoms with Gasteiger partial charge in [-0.1, -0.05) is 27.7 Å². The first-order chi connectivity index (χ1) is 5.53. The molecule has 0 amide bonds. The maximum Gasteiger partial charge on any atom is 0.0285 e. The fourth-order valence-corrected chi connectivity index (χ4v) is 3.09. The molecule has 72 valence electrons. The SMILES string of the molecule is CC(C)CC(C)C1(CCl)CC1C. The molecule has 0 N–H and O–H groups in total. The fraction of sp³-hybridized carbons (Fsp3) is 1.00.